The number of carbonyl (C=O) groups excluding carboxylic acids is 2. The van der Waals surface area contributed by atoms with Crippen LogP contribution in [0.2, 0.25) is 0 Å². The van der Waals surface area contributed by atoms with Crippen molar-refractivity contribution in [3.63, 3.8) is 0 Å². The molecule has 0 unspecified atom stereocenters. The van der Waals surface area contributed by atoms with Crippen molar-refractivity contribution in [1.29, 1.82) is 0 Å². The van der Waals surface area contributed by atoms with Crippen molar-refractivity contribution < 1.29 is 14.3 Å². The Morgan fingerprint density at radius 3 is 2.64 bits per heavy atom. The van der Waals surface area contributed by atoms with E-state index < -0.39 is 5.97 Å². The third-order valence-corrected chi connectivity index (χ3v) is 5.72. The molecule has 1 aromatic carbocycles. The van der Waals surface area contributed by atoms with Gasteiger partial charge in [-0.15, -0.1) is 0 Å². The lowest BCUT2D eigenvalue weighted by molar-refractivity contribution is 0.0516. The van der Waals surface area contributed by atoms with Crippen molar-refractivity contribution in [3.05, 3.63) is 52.8 Å². The summed E-state index contributed by atoms with van der Waals surface area (Å²) >= 11 is 0. The Kier molecular flexibility index (Phi) is 5.57. The number of benzene rings is 1. The maximum Gasteiger partial charge on any atom is 0.359 e. The highest BCUT2D eigenvalue weighted by Gasteiger charge is 2.33. The van der Waals surface area contributed by atoms with Crippen molar-refractivity contribution >= 4 is 11.8 Å². The second-order valence-corrected chi connectivity index (χ2v) is 7.61. The monoisotopic (exact) mass is 381 g/mol. The van der Waals surface area contributed by atoms with Gasteiger partial charge in [0.2, 0.25) is 0 Å². The molecule has 2 aromatic rings. The minimum atomic E-state index is -0.409. The number of nitrogens with zero attached hydrogens (tertiary/aromatic N) is 3. The summed E-state index contributed by atoms with van der Waals surface area (Å²) in [5, 5.41) is 4.60. The maximum absolute atomic E-state index is 12.6. The third-order valence-electron chi connectivity index (χ3n) is 5.72. The number of carbonyl (C=O) groups is 2. The maximum atomic E-state index is 12.6. The molecule has 6 heteroatoms. The number of fused-ring (bicyclic) bond motifs is 1. The molecule has 0 radical (unpaired) electrons. The van der Waals surface area contributed by atoms with Crippen LogP contribution >= 0.6 is 0 Å². The van der Waals surface area contributed by atoms with Crippen molar-refractivity contribution in [2.75, 3.05) is 19.7 Å². The molecule has 148 valence electrons. The molecule has 1 fully saturated rings. The Labute approximate surface area is 165 Å². The Hall–Kier alpha value is -2.47. The fourth-order valence-electron chi connectivity index (χ4n) is 4.34. The van der Waals surface area contributed by atoms with Crippen LogP contribution in [0.4, 0.5) is 0 Å². The van der Waals surface area contributed by atoms with Gasteiger partial charge >= 0.3 is 5.97 Å². The minimum Gasteiger partial charge on any atom is -0.461 e. The number of ether oxygens (including phenoxy) is 1. The molecule has 0 N–H and O–H groups in total. The average Bonchev–Trinajstić information content (AvgIpc) is 3.11. The zero-order chi connectivity index (χ0) is 19.5. The first-order valence-corrected chi connectivity index (χ1v) is 10.3. The van der Waals surface area contributed by atoms with Crippen LogP contribution in [0, 0.1) is 0 Å². The molecule has 0 saturated carbocycles. The van der Waals surface area contributed by atoms with E-state index in [0.717, 1.165) is 50.9 Å². The topological polar surface area (TPSA) is 64.4 Å². The molecule has 0 atom stereocenters. The molecule has 1 saturated heterocycles. The fraction of sp³-hybridized carbons (Fsp3) is 0.500. The molecule has 2 aliphatic rings. The number of ketones is 1. The summed E-state index contributed by atoms with van der Waals surface area (Å²) in [6.45, 7) is 4.95. The van der Waals surface area contributed by atoms with E-state index in [0.29, 0.717) is 24.4 Å². The summed E-state index contributed by atoms with van der Waals surface area (Å²) in [4.78, 5) is 27.4. The number of Topliss-reactive ketones (excluding diaryl/α,β-unsaturated/α-hetero) is 1. The van der Waals surface area contributed by atoms with E-state index in [-0.39, 0.29) is 11.8 Å². The molecule has 1 aromatic heterocycles. The fourth-order valence-corrected chi connectivity index (χ4v) is 4.34. The molecular weight excluding hydrogens is 354 g/mol. The molecule has 2 heterocycles. The molecule has 1 aliphatic heterocycles. The van der Waals surface area contributed by atoms with Crippen LogP contribution < -0.4 is 0 Å². The largest absolute Gasteiger partial charge is 0.461 e. The lowest BCUT2D eigenvalue weighted by atomic mass is 9.93. The van der Waals surface area contributed by atoms with Gasteiger partial charge in [-0.3, -0.25) is 14.4 Å². The molecule has 0 bridgehead atoms. The number of esters is 1. The average molecular weight is 381 g/mol. The first-order chi connectivity index (χ1) is 13.7. The number of likely N-dealkylation sites (tertiary alicyclic amines) is 1. The van der Waals surface area contributed by atoms with Crippen LogP contribution in [0.5, 0.6) is 0 Å². The normalized spacial score (nSPS) is 18.1. The molecule has 4 rings (SSSR count). The molecule has 1 aliphatic carbocycles. The molecule has 6 nitrogen and oxygen atoms in total. The summed E-state index contributed by atoms with van der Waals surface area (Å²) in [6, 6.07) is 10.6. The Morgan fingerprint density at radius 2 is 1.93 bits per heavy atom. The van der Waals surface area contributed by atoms with Gasteiger partial charge in [0.1, 0.15) is 5.69 Å². The lowest BCUT2D eigenvalue weighted by Gasteiger charge is -2.33. The second kappa shape index (κ2) is 8.27. The number of rotatable bonds is 5. The number of hydrogen-bond donors (Lipinski definition) is 0. The first-order valence-electron chi connectivity index (χ1n) is 10.3. The summed E-state index contributed by atoms with van der Waals surface area (Å²) in [6.07, 6.45) is 3.89. The Balaban J connectivity index is 1.52. The van der Waals surface area contributed by atoms with E-state index in [1.165, 1.54) is 5.56 Å². The lowest BCUT2D eigenvalue weighted by Crippen LogP contribution is -2.35. The number of aromatic nitrogens is 2. The van der Waals surface area contributed by atoms with E-state index in [1.807, 2.05) is 10.7 Å². The molecule has 0 spiro atoms. The van der Waals surface area contributed by atoms with Gasteiger partial charge in [0.25, 0.3) is 0 Å². The quantitative estimate of drug-likeness (QED) is 0.743. The van der Waals surface area contributed by atoms with Crippen molar-refractivity contribution in [1.82, 2.24) is 14.7 Å². The van der Waals surface area contributed by atoms with Crippen molar-refractivity contribution in [2.24, 2.45) is 0 Å². The van der Waals surface area contributed by atoms with Gasteiger partial charge in [-0.05, 0) is 38.2 Å². The Bertz CT molecular complexity index is 851. The smallest absolute Gasteiger partial charge is 0.359 e. The van der Waals surface area contributed by atoms with E-state index in [9.17, 15) is 9.59 Å². The first kappa shape index (κ1) is 18.9. The van der Waals surface area contributed by atoms with Crippen LogP contribution in [-0.4, -0.2) is 46.1 Å². The highest BCUT2D eigenvalue weighted by molar-refractivity contribution is 6.00. The van der Waals surface area contributed by atoms with Gasteiger partial charge < -0.3 is 4.74 Å². The molecule has 28 heavy (non-hydrogen) atoms. The van der Waals surface area contributed by atoms with Gasteiger partial charge in [-0.25, -0.2) is 4.79 Å². The standard InChI is InChI=1S/C22H27N3O3/c1-2-28-22(27)20-18-9-6-10-19(26)21(18)25(23-20)17-11-13-24(14-12-17)15-16-7-4-3-5-8-16/h3-5,7-8,17H,2,6,9-15H2,1H3. The van der Waals surface area contributed by atoms with E-state index in [1.54, 1.807) is 6.92 Å². The van der Waals surface area contributed by atoms with Gasteiger partial charge in [-0.2, -0.15) is 5.10 Å². The number of piperidine rings is 1. The van der Waals surface area contributed by atoms with E-state index in [4.69, 9.17) is 4.74 Å². The van der Waals surface area contributed by atoms with Crippen molar-refractivity contribution in [3.8, 4) is 0 Å². The van der Waals surface area contributed by atoms with E-state index in [2.05, 4.69) is 34.3 Å². The van der Waals surface area contributed by atoms with Crippen LogP contribution in [0.15, 0.2) is 30.3 Å². The zero-order valence-electron chi connectivity index (χ0n) is 16.4. The van der Waals surface area contributed by atoms with Gasteiger partial charge in [-0.1, -0.05) is 30.3 Å². The van der Waals surface area contributed by atoms with Crippen LogP contribution in [0.3, 0.4) is 0 Å². The SMILES string of the molecule is CCOC(=O)c1nn(C2CCN(Cc3ccccc3)CC2)c2c1CCCC2=O. The molecular formula is C22H27N3O3. The van der Waals surface area contributed by atoms with Gasteiger partial charge in [0.15, 0.2) is 11.5 Å². The zero-order valence-corrected chi connectivity index (χ0v) is 16.4. The Morgan fingerprint density at radius 1 is 1.18 bits per heavy atom. The highest BCUT2D eigenvalue weighted by Crippen LogP contribution is 2.31. The predicted octanol–water partition coefficient (Wildman–Crippen LogP) is 3.42. The summed E-state index contributed by atoms with van der Waals surface area (Å²) in [5.41, 5.74) is 3.10. The predicted molar refractivity (Wildman–Crippen MR) is 105 cm³/mol. The third kappa shape index (κ3) is 3.74. The van der Waals surface area contributed by atoms with Crippen LogP contribution in [-0.2, 0) is 17.7 Å². The number of hydrogen-bond acceptors (Lipinski definition) is 5. The van der Waals surface area contributed by atoms with Crippen LogP contribution in [0.1, 0.15) is 70.8 Å². The van der Waals surface area contributed by atoms with Gasteiger partial charge in [0, 0.05) is 31.6 Å². The van der Waals surface area contributed by atoms with Gasteiger partial charge in [0.05, 0.1) is 12.6 Å². The summed E-state index contributed by atoms with van der Waals surface area (Å²) in [5.74, 6) is -0.301. The van der Waals surface area contributed by atoms with Crippen LogP contribution in [0.25, 0.3) is 0 Å². The molecule has 0 amide bonds. The highest BCUT2D eigenvalue weighted by atomic mass is 16.5. The second-order valence-electron chi connectivity index (χ2n) is 7.61. The van der Waals surface area contributed by atoms with Crippen molar-refractivity contribution in [2.45, 2.75) is 51.6 Å². The van der Waals surface area contributed by atoms with E-state index >= 15 is 0 Å². The minimum absolute atomic E-state index is 0.107. The summed E-state index contributed by atoms with van der Waals surface area (Å²) < 4.78 is 7.03. The summed E-state index contributed by atoms with van der Waals surface area (Å²) in [7, 11) is 0.